The lowest BCUT2D eigenvalue weighted by Crippen LogP contribution is -2.23. The van der Waals surface area contributed by atoms with Gasteiger partial charge in [0.15, 0.2) is 9.84 Å². The number of hydrogen-bond acceptors (Lipinski definition) is 4. The SMILES string of the molecule is CS(=O)(=O)c1ccc(OCC2CCCC2CN)cc1. The smallest absolute Gasteiger partial charge is 0.175 e. The molecule has 0 aromatic heterocycles. The Bertz CT molecular complexity index is 510. The van der Waals surface area contributed by atoms with Gasteiger partial charge in [-0.3, -0.25) is 0 Å². The second-order valence-electron chi connectivity index (χ2n) is 5.24. The van der Waals surface area contributed by atoms with Gasteiger partial charge in [0, 0.05) is 6.26 Å². The third-order valence-electron chi connectivity index (χ3n) is 3.84. The Kier molecular flexibility index (Phi) is 4.47. The number of rotatable bonds is 5. The van der Waals surface area contributed by atoms with Crippen molar-refractivity contribution >= 4 is 9.84 Å². The van der Waals surface area contributed by atoms with E-state index >= 15 is 0 Å². The quantitative estimate of drug-likeness (QED) is 0.895. The van der Waals surface area contributed by atoms with E-state index < -0.39 is 9.84 Å². The molecule has 1 aromatic rings. The molecule has 1 aliphatic rings. The topological polar surface area (TPSA) is 69.4 Å². The number of hydrogen-bond donors (Lipinski definition) is 1. The van der Waals surface area contributed by atoms with Crippen LogP contribution in [0.25, 0.3) is 0 Å². The van der Waals surface area contributed by atoms with Crippen LogP contribution in [-0.2, 0) is 9.84 Å². The summed E-state index contributed by atoms with van der Waals surface area (Å²) in [7, 11) is -3.13. The molecule has 0 aliphatic heterocycles. The first kappa shape index (κ1) is 14.3. The predicted molar refractivity (Wildman–Crippen MR) is 74.9 cm³/mol. The molecule has 4 nitrogen and oxygen atoms in total. The lowest BCUT2D eigenvalue weighted by atomic mass is 9.97. The highest BCUT2D eigenvalue weighted by Gasteiger charge is 2.26. The van der Waals surface area contributed by atoms with Crippen LogP contribution in [0.4, 0.5) is 0 Å². The maximum atomic E-state index is 11.3. The third-order valence-corrected chi connectivity index (χ3v) is 4.96. The van der Waals surface area contributed by atoms with Crippen molar-refractivity contribution in [2.45, 2.75) is 24.2 Å². The van der Waals surface area contributed by atoms with Gasteiger partial charge in [0.05, 0.1) is 11.5 Å². The molecule has 2 rings (SSSR count). The fourth-order valence-corrected chi connectivity index (χ4v) is 3.26. The molecule has 2 unspecified atom stereocenters. The van der Waals surface area contributed by atoms with Crippen molar-refractivity contribution in [2.75, 3.05) is 19.4 Å². The Morgan fingerprint density at radius 1 is 1.21 bits per heavy atom. The number of ether oxygens (including phenoxy) is 1. The normalized spacial score (nSPS) is 23.5. The molecule has 0 spiro atoms. The predicted octanol–water partition coefficient (Wildman–Crippen LogP) is 1.84. The third kappa shape index (κ3) is 3.70. The van der Waals surface area contributed by atoms with Crippen LogP contribution in [0.15, 0.2) is 29.2 Å². The summed E-state index contributed by atoms with van der Waals surface area (Å²) in [6.45, 7) is 1.39. The van der Waals surface area contributed by atoms with Crippen molar-refractivity contribution in [1.82, 2.24) is 0 Å². The molecule has 0 radical (unpaired) electrons. The van der Waals surface area contributed by atoms with E-state index in [0.29, 0.717) is 23.3 Å². The molecule has 0 heterocycles. The molecular weight excluding hydrogens is 262 g/mol. The first-order valence-electron chi connectivity index (χ1n) is 6.63. The lowest BCUT2D eigenvalue weighted by molar-refractivity contribution is 0.217. The van der Waals surface area contributed by atoms with Crippen LogP contribution in [0.3, 0.4) is 0 Å². The second kappa shape index (κ2) is 5.92. The second-order valence-corrected chi connectivity index (χ2v) is 7.26. The average Bonchev–Trinajstić information content (AvgIpc) is 2.83. The van der Waals surface area contributed by atoms with Crippen LogP contribution in [0, 0.1) is 11.8 Å². The summed E-state index contributed by atoms with van der Waals surface area (Å²) in [6.07, 6.45) is 4.79. The van der Waals surface area contributed by atoms with Gasteiger partial charge in [0.2, 0.25) is 0 Å². The van der Waals surface area contributed by atoms with E-state index in [1.807, 2.05) is 0 Å². The average molecular weight is 283 g/mol. The van der Waals surface area contributed by atoms with E-state index in [1.54, 1.807) is 24.3 Å². The Morgan fingerprint density at radius 3 is 2.42 bits per heavy atom. The zero-order valence-corrected chi connectivity index (χ0v) is 12.0. The standard InChI is InChI=1S/C14H21NO3S/c1-19(16,17)14-7-5-13(6-8-14)18-10-12-4-2-3-11(12)9-15/h5-8,11-12H,2-4,9-10,15H2,1H3. The van der Waals surface area contributed by atoms with Crippen molar-refractivity contribution in [2.24, 2.45) is 17.6 Å². The molecule has 5 heteroatoms. The minimum absolute atomic E-state index is 0.320. The lowest BCUT2D eigenvalue weighted by Gasteiger charge is -2.18. The maximum absolute atomic E-state index is 11.3. The first-order valence-corrected chi connectivity index (χ1v) is 8.53. The molecule has 0 saturated heterocycles. The molecule has 1 fully saturated rings. The van der Waals surface area contributed by atoms with Crippen LogP contribution in [-0.4, -0.2) is 27.8 Å². The summed E-state index contributed by atoms with van der Waals surface area (Å²) in [5.74, 6) is 1.81. The zero-order chi connectivity index (χ0) is 13.9. The zero-order valence-electron chi connectivity index (χ0n) is 11.2. The first-order chi connectivity index (χ1) is 9.00. The van der Waals surface area contributed by atoms with Gasteiger partial charge in [-0.25, -0.2) is 8.42 Å². The van der Waals surface area contributed by atoms with E-state index in [9.17, 15) is 8.42 Å². The minimum Gasteiger partial charge on any atom is -0.493 e. The Labute approximate surface area is 114 Å². The van der Waals surface area contributed by atoms with E-state index in [4.69, 9.17) is 10.5 Å². The molecule has 1 saturated carbocycles. The number of benzene rings is 1. The molecular formula is C14H21NO3S. The summed E-state index contributed by atoms with van der Waals surface area (Å²) >= 11 is 0. The van der Waals surface area contributed by atoms with E-state index in [0.717, 1.165) is 12.3 Å². The summed E-state index contributed by atoms with van der Waals surface area (Å²) in [6, 6.07) is 6.59. The van der Waals surface area contributed by atoms with Crippen molar-refractivity contribution in [3.8, 4) is 5.75 Å². The number of sulfone groups is 1. The van der Waals surface area contributed by atoms with Gasteiger partial charge in [-0.1, -0.05) is 6.42 Å². The van der Waals surface area contributed by atoms with Gasteiger partial charge in [-0.2, -0.15) is 0 Å². The molecule has 0 amide bonds. The fourth-order valence-electron chi connectivity index (χ4n) is 2.63. The summed E-state index contributed by atoms with van der Waals surface area (Å²) in [5.41, 5.74) is 5.74. The monoisotopic (exact) mass is 283 g/mol. The minimum atomic E-state index is -3.13. The van der Waals surface area contributed by atoms with Gasteiger partial charge in [-0.05, 0) is 55.5 Å². The Morgan fingerprint density at radius 2 is 1.84 bits per heavy atom. The molecule has 1 aliphatic carbocycles. The van der Waals surface area contributed by atoms with Gasteiger partial charge >= 0.3 is 0 Å². The molecule has 0 bridgehead atoms. The number of nitrogens with two attached hydrogens (primary N) is 1. The van der Waals surface area contributed by atoms with E-state index in [-0.39, 0.29) is 0 Å². The van der Waals surface area contributed by atoms with Gasteiger partial charge < -0.3 is 10.5 Å². The van der Waals surface area contributed by atoms with E-state index in [1.165, 1.54) is 25.5 Å². The van der Waals surface area contributed by atoms with Gasteiger partial charge in [0.25, 0.3) is 0 Å². The van der Waals surface area contributed by atoms with Gasteiger partial charge in [0.1, 0.15) is 5.75 Å². The van der Waals surface area contributed by atoms with Crippen LogP contribution in [0.1, 0.15) is 19.3 Å². The Balaban J connectivity index is 1.93. The molecule has 2 atom stereocenters. The molecule has 2 N–H and O–H groups in total. The Hall–Kier alpha value is -1.07. The highest BCUT2D eigenvalue weighted by atomic mass is 32.2. The van der Waals surface area contributed by atoms with Crippen LogP contribution >= 0.6 is 0 Å². The van der Waals surface area contributed by atoms with Crippen LogP contribution in [0.2, 0.25) is 0 Å². The largest absolute Gasteiger partial charge is 0.493 e. The van der Waals surface area contributed by atoms with Crippen molar-refractivity contribution in [1.29, 1.82) is 0 Å². The van der Waals surface area contributed by atoms with Crippen LogP contribution < -0.4 is 10.5 Å². The van der Waals surface area contributed by atoms with Crippen molar-refractivity contribution < 1.29 is 13.2 Å². The van der Waals surface area contributed by atoms with E-state index in [2.05, 4.69) is 0 Å². The summed E-state index contributed by atoms with van der Waals surface area (Å²) in [4.78, 5) is 0.320. The fraction of sp³-hybridized carbons (Fsp3) is 0.571. The van der Waals surface area contributed by atoms with Crippen molar-refractivity contribution in [3.05, 3.63) is 24.3 Å². The highest BCUT2D eigenvalue weighted by Crippen LogP contribution is 2.31. The van der Waals surface area contributed by atoms with Crippen molar-refractivity contribution in [3.63, 3.8) is 0 Å². The molecule has 19 heavy (non-hydrogen) atoms. The van der Waals surface area contributed by atoms with Crippen LogP contribution in [0.5, 0.6) is 5.75 Å². The van der Waals surface area contributed by atoms with Gasteiger partial charge in [-0.15, -0.1) is 0 Å². The molecule has 1 aromatic carbocycles. The highest BCUT2D eigenvalue weighted by molar-refractivity contribution is 7.90. The maximum Gasteiger partial charge on any atom is 0.175 e. The summed E-state index contributed by atoms with van der Waals surface area (Å²) < 4.78 is 28.4. The molecule has 106 valence electrons. The summed E-state index contributed by atoms with van der Waals surface area (Å²) in [5, 5.41) is 0.